The highest BCUT2D eigenvalue weighted by atomic mass is 16.6. The van der Waals surface area contributed by atoms with Crippen molar-refractivity contribution in [2.24, 2.45) is 0 Å². The van der Waals surface area contributed by atoms with E-state index in [1.54, 1.807) is 14.2 Å². The molecule has 0 saturated heterocycles. The molecule has 0 radical (unpaired) electrons. The second-order valence-electron chi connectivity index (χ2n) is 1.55. The molecule has 0 aromatic heterocycles. The van der Waals surface area contributed by atoms with Crippen LogP contribution in [0, 0.1) is 0 Å². The van der Waals surface area contributed by atoms with Gasteiger partial charge in [-0.05, 0) is 6.42 Å². The lowest BCUT2D eigenvalue weighted by atomic mass is 10.4. The highest BCUT2D eigenvalue weighted by molar-refractivity contribution is 5.66. The van der Waals surface area contributed by atoms with Crippen molar-refractivity contribution in [1.82, 2.24) is 5.48 Å². The van der Waals surface area contributed by atoms with Crippen LogP contribution in [-0.4, -0.2) is 25.2 Å². The van der Waals surface area contributed by atoms with E-state index in [4.69, 9.17) is 5.11 Å². The van der Waals surface area contributed by atoms with Crippen LogP contribution >= 0.6 is 0 Å². The van der Waals surface area contributed by atoms with Crippen LogP contribution in [-0.2, 0) is 9.63 Å². The minimum absolute atomic E-state index is 0.292. The van der Waals surface area contributed by atoms with E-state index in [2.05, 4.69) is 10.3 Å². The van der Waals surface area contributed by atoms with Gasteiger partial charge in [0.25, 0.3) is 0 Å². The normalized spacial score (nSPS) is 7.90. The van der Waals surface area contributed by atoms with Crippen molar-refractivity contribution in [2.75, 3.05) is 14.2 Å². The molecule has 0 heterocycles. The highest BCUT2D eigenvalue weighted by Crippen LogP contribution is 1.82. The Balaban J connectivity index is 0. The molecule has 0 aliphatic carbocycles. The van der Waals surface area contributed by atoms with Crippen LogP contribution in [0.2, 0.25) is 0 Å². The zero-order valence-electron chi connectivity index (χ0n) is 6.68. The third kappa shape index (κ3) is 26.3. The average Bonchev–Trinajstić information content (AvgIpc) is 1.89. The number of nitrogens with one attached hydrogen (secondary N) is 1. The highest BCUT2D eigenvalue weighted by Gasteiger charge is 1.87. The molecule has 0 unspecified atom stereocenters. The van der Waals surface area contributed by atoms with Gasteiger partial charge in [-0.25, -0.2) is 5.48 Å². The smallest absolute Gasteiger partial charge is 0.303 e. The molecule has 0 aliphatic heterocycles. The molecule has 0 bridgehead atoms. The van der Waals surface area contributed by atoms with Crippen molar-refractivity contribution in [3.8, 4) is 0 Å². The minimum atomic E-state index is -0.711. The molecule has 62 valence electrons. The SMILES string of the molecule is CCCC(=O)O.CNOC. The Morgan fingerprint density at radius 2 is 2.10 bits per heavy atom. The standard InChI is InChI=1S/C4H8O2.C2H7NO/c1-2-3-4(5)6;1-3-4-2/h2-3H2,1H3,(H,5,6);3H,1-2H3. The second-order valence-corrected chi connectivity index (χ2v) is 1.55. The molecule has 0 aromatic rings. The van der Waals surface area contributed by atoms with E-state index in [0.29, 0.717) is 6.42 Å². The van der Waals surface area contributed by atoms with Crippen LogP contribution in [0.5, 0.6) is 0 Å². The molecule has 4 heteroatoms. The lowest BCUT2D eigenvalue weighted by Gasteiger charge is -1.80. The molecular formula is C6H15NO3. The van der Waals surface area contributed by atoms with Crippen molar-refractivity contribution >= 4 is 5.97 Å². The molecule has 0 atom stereocenters. The molecule has 2 N–H and O–H groups in total. The monoisotopic (exact) mass is 149 g/mol. The van der Waals surface area contributed by atoms with Crippen LogP contribution in [0.25, 0.3) is 0 Å². The third-order valence-corrected chi connectivity index (χ3v) is 0.668. The third-order valence-electron chi connectivity index (χ3n) is 0.668. The fourth-order valence-electron chi connectivity index (χ4n) is 0.214. The molecule has 0 aromatic carbocycles. The lowest BCUT2D eigenvalue weighted by Crippen LogP contribution is -2.00. The van der Waals surface area contributed by atoms with E-state index in [-0.39, 0.29) is 0 Å². The number of carboxylic acid groups (broad SMARTS) is 1. The van der Waals surface area contributed by atoms with Gasteiger partial charge in [0.15, 0.2) is 0 Å². The molecule has 0 fully saturated rings. The summed E-state index contributed by atoms with van der Waals surface area (Å²) < 4.78 is 0. The number of aliphatic carboxylic acids is 1. The van der Waals surface area contributed by atoms with Gasteiger partial charge in [0.05, 0.1) is 7.11 Å². The van der Waals surface area contributed by atoms with Gasteiger partial charge < -0.3 is 9.94 Å². The Kier molecular flexibility index (Phi) is 13.6. The molecular weight excluding hydrogens is 134 g/mol. The lowest BCUT2D eigenvalue weighted by molar-refractivity contribution is -0.137. The zero-order valence-corrected chi connectivity index (χ0v) is 6.68. The Morgan fingerprint density at radius 1 is 1.70 bits per heavy atom. The largest absolute Gasteiger partial charge is 0.481 e. The summed E-state index contributed by atoms with van der Waals surface area (Å²) in [6.07, 6.45) is 1.02. The van der Waals surface area contributed by atoms with Gasteiger partial charge in [-0.2, -0.15) is 0 Å². The summed E-state index contributed by atoms with van der Waals surface area (Å²) in [5.74, 6) is -0.711. The molecule has 0 amide bonds. The topological polar surface area (TPSA) is 58.6 Å². The van der Waals surface area contributed by atoms with E-state index in [1.807, 2.05) is 6.92 Å². The number of rotatable bonds is 3. The van der Waals surface area contributed by atoms with Gasteiger partial charge in [0.2, 0.25) is 0 Å². The van der Waals surface area contributed by atoms with Crippen LogP contribution in [0.15, 0.2) is 0 Å². The van der Waals surface area contributed by atoms with Crippen molar-refractivity contribution in [1.29, 1.82) is 0 Å². The van der Waals surface area contributed by atoms with Gasteiger partial charge in [-0.3, -0.25) is 4.79 Å². The van der Waals surface area contributed by atoms with Gasteiger partial charge in [0, 0.05) is 13.5 Å². The molecule has 10 heavy (non-hydrogen) atoms. The molecule has 4 nitrogen and oxygen atoms in total. The first-order valence-electron chi connectivity index (χ1n) is 3.10. The quantitative estimate of drug-likeness (QED) is 0.578. The van der Waals surface area contributed by atoms with E-state index < -0.39 is 5.97 Å². The maximum Gasteiger partial charge on any atom is 0.303 e. The molecule has 0 rings (SSSR count). The average molecular weight is 149 g/mol. The van der Waals surface area contributed by atoms with Gasteiger partial charge in [-0.15, -0.1) is 0 Å². The van der Waals surface area contributed by atoms with Crippen molar-refractivity contribution in [3.63, 3.8) is 0 Å². The van der Waals surface area contributed by atoms with E-state index in [9.17, 15) is 4.79 Å². The Bertz CT molecular complexity index is 73.4. The Labute approximate surface area is 61.1 Å². The molecule has 0 aliphatic rings. The zero-order chi connectivity index (χ0) is 8.41. The van der Waals surface area contributed by atoms with Crippen LogP contribution in [0.1, 0.15) is 19.8 Å². The summed E-state index contributed by atoms with van der Waals surface area (Å²) in [4.78, 5) is 13.9. The summed E-state index contributed by atoms with van der Waals surface area (Å²) in [5.41, 5.74) is 2.43. The maximum absolute atomic E-state index is 9.60. The maximum atomic E-state index is 9.60. The predicted molar refractivity (Wildman–Crippen MR) is 38.6 cm³/mol. The number of hydroxylamine groups is 1. The summed E-state index contributed by atoms with van der Waals surface area (Å²) in [7, 11) is 3.28. The molecule has 0 spiro atoms. The first-order chi connectivity index (χ1) is 4.68. The van der Waals surface area contributed by atoms with E-state index >= 15 is 0 Å². The minimum Gasteiger partial charge on any atom is -0.481 e. The summed E-state index contributed by atoms with van der Waals surface area (Å²) >= 11 is 0. The molecule has 0 saturated carbocycles. The van der Waals surface area contributed by atoms with E-state index in [1.165, 1.54) is 0 Å². The van der Waals surface area contributed by atoms with Gasteiger partial charge in [-0.1, -0.05) is 6.92 Å². The number of hydrogen-bond acceptors (Lipinski definition) is 3. The Morgan fingerprint density at radius 3 is 2.10 bits per heavy atom. The van der Waals surface area contributed by atoms with Crippen LogP contribution in [0.3, 0.4) is 0 Å². The van der Waals surface area contributed by atoms with E-state index in [0.717, 1.165) is 6.42 Å². The van der Waals surface area contributed by atoms with Gasteiger partial charge in [0.1, 0.15) is 0 Å². The van der Waals surface area contributed by atoms with Crippen LogP contribution < -0.4 is 5.48 Å². The first kappa shape index (κ1) is 12.1. The van der Waals surface area contributed by atoms with Crippen molar-refractivity contribution in [2.45, 2.75) is 19.8 Å². The summed E-state index contributed by atoms with van der Waals surface area (Å²) in [6.45, 7) is 1.84. The van der Waals surface area contributed by atoms with Crippen LogP contribution in [0.4, 0.5) is 0 Å². The second kappa shape index (κ2) is 11.2. The van der Waals surface area contributed by atoms with Crippen molar-refractivity contribution in [3.05, 3.63) is 0 Å². The summed E-state index contributed by atoms with van der Waals surface area (Å²) in [5, 5.41) is 7.91. The fourth-order valence-corrected chi connectivity index (χ4v) is 0.214. The number of hydrogen-bond donors (Lipinski definition) is 2. The first-order valence-corrected chi connectivity index (χ1v) is 3.10. The predicted octanol–water partition coefficient (Wildman–Crippen LogP) is 0.638. The van der Waals surface area contributed by atoms with Crippen molar-refractivity contribution < 1.29 is 14.7 Å². The number of carboxylic acids is 1. The Hall–Kier alpha value is -0.610. The summed E-state index contributed by atoms with van der Waals surface area (Å²) in [6, 6.07) is 0. The number of carbonyl (C=O) groups is 1. The van der Waals surface area contributed by atoms with Gasteiger partial charge >= 0.3 is 5.97 Å². The fraction of sp³-hybridized carbons (Fsp3) is 0.833.